The van der Waals surface area contributed by atoms with Crippen LogP contribution in [0.4, 0.5) is 0 Å². The minimum Gasteiger partial charge on any atom is -0.394 e. The Morgan fingerprint density at radius 1 is 1.00 bits per heavy atom. The third-order valence-corrected chi connectivity index (χ3v) is 3.60. The maximum atomic E-state index is 9.76. The Morgan fingerprint density at radius 3 is 2.43 bits per heavy atom. The first-order chi connectivity index (χ1) is 10.1. The first-order valence-corrected chi connectivity index (χ1v) is 7.69. The van der Waals surface area contributed by atoms with E-state index in [1.807, 2.05) is 12.2 Å². The fraction of sp³-hybridized carbons (Fsp3) is 0.867. The lowest BCUT2D eigenvalue weighted by Gasteiger charge is -2.39. The highest BCUT2D eigenvalue weighted by atomic mass is 16.7. The Labute approximate surface area is 126 Å². The van der Waals surface area contributed by atoms with Crippen molar-refractivity contribution in [3.63, 3.8) is 0 Å². The number of aliphatic hydroxyl groups is 4. The molecule has 1 fully saturated rings. The zero-order valence-corrected chi connectivity index (χ0v) is 12.6. The summed E-state index contributed by atoms with van der Waals surface area (Å²) in [6.07, 6.45) is 3.61. The first-order valence-electron chi connectivity index (χ1n) is 7.69. The van der Waals surface area contributed by atoms with Crippen LogP contribution in [-0.2, 0) is 9.47 Å². The fourth-order valence-electron chi connectivity index (χ4n) is 2.23. The van der Waals surface area contributed by atoms with Gasteiger partial charge in [0.25, 0.3) is 0 Å². The highest BCUT2D eigenvalue weighted by molar-refractivity contribution is 4.89. The topological polar surface area (TPSA) is 99.4 Å². The van der Waals surface area contributed by atoms with Gasteiger partial charge in [-0.25, -0.2) is 0 Å². The van der Waals surface area contributed by atoms with E-state index in [-0.39, 0.29) is 6.61 Å². The number of rotatable bonds is 9. The van der Waals surface area contributed by atoms with Crippen LogP contribution in [0.25, 0.3) is 0 Å². The number of allylic oxidation sites excluding steroid dienone is 1. The van der Waals surface area contributed by atoms with Gasteiger partial charge in [-0.15, -0.1) is 0 Å². The van der Waals surface area contributed by atoms with E-state index in [9.17, 15) is 15.3 Å². The molecule has 0 bridgehead atoms. The summed E-state index contributed by atoms with van der Waals surface area (Å²) in [5.74, 6) is 0. The highest BCUT2D eigenvalue weighted by Crippen LogP contribution is 2.21. The molecule has 1 aliphatic heterocycles. The van der Waals surface area contributed by atoms with Crippen molar-refractivity contribution >= 4 is 0 Å². The molecule has 0 saturated carbocycles. The predicted molar refractivity (Wildman–Crippen MR) is 77.6 cm³/mol. The van der Waals surface area contributed by atoms with Gasteiger partial charge in [-0.05, 0) is 12.8 Å². The quantitative estimate of drug-likeness (QED) is 0.362. The average molecular weight is 304 g/mol. The highest BCUT2D eigenvalue weighted by Gasteiger charge is 2.43. The smallest absolute Gasteiger partial charge is 0.187 e. The Balaban J connectivity index is 2.25. The van der Waals surface area contributed by atoms with Crippen LogP contribution in [0.1, 0.15) is 39.0 Å². The molecule has 0 aromatic carbocycles. The molecule has 1 rings (SSSR count). The van der Waals surface area contributed by atoms with Gasteiger partial charge < -0.3 is 29.9 Å². The molecule has 1 aliphatic rings. The molecule has 4 N–H and O–H groups in total. The van der Waals surface area contributed by atoms with E-state index in [0.29, 0.717) is 0 Å². The molecule has 5 atom stereocenters. The molecule has 6 heteroatoms. The molecule has 1 saturated heterocycles. The summed E-state index contributed by atoms with van der Waals surface area (Å²) < 4.78 is 10.6. The molecule has 0 aromatic rings. The minimum absolute atomic E-state index is 0.246. The molecule has 0 radical (unpaired) electrons. The normalized spacial score (nSPS) is 33.7. The van der Waals surface area contributed by atoms with E-state index in [1.165, 1.54) is 19.3 Å². The van der Waals surface area contributed by atoms with Crippen molar-refractivity contribution in [1.82, 2.24) is 0 Å². The lowest BCUT2D eigenvalue weighted by molar-refractivity contribution is -0.298. The van der Waals surface area contributed by atoms with Crippen LogP contribution in [0.3, 0.4) is 0 Å². The van der Waals surface area contributed by atoms with Crippen LogP contribution in [0.5, 0.6) is 0 Å². The zero-order valence-electron chi connectivity index (χ0n) is 12.6. The molecule has 6 nitrogen and oxygen atoms in total. The third kappa shape index (κ3) is 6.02. The molecule has 0 aliphatic carbocycles. The molecule has 0 spiro atoms. The van der Waals surface area contributed by atoms with Crippen molar-refractivity contribution in [1.29, 1.82) is 0 Å². The Hall–Kier alpha value is -0.500. The Bertz CT molecular complexity index is 294. The molecule has 1 heterocycles. The van der Waals surface area contributed by atoms with Crippen molar-refractivity contribution in [3.05, 3.63) is 12.2 Å². The van der Waals surface area contributed by atoms with Crippen LogP contribution in [-0.4, -0.2) is 64.3 Å². The van der Waals surface area contributed by atoms with E-state index in [4.69, 9.17) is 14.6 Å². The van der Waals surface area contributed by atoms with E-state index >= 15 is 0 Å². The number of unbranched alkanes of at least 4 members (excludes halogenated alkanes) is 4. The van der Waals surface area contributed by atoms with Crippen molar-refractivity contribution in [2.45, 2.75) is 69.7 Å². The standard InChI is InChI=1S/C15H28O6/c1-2-3-4-5-6-7-8-9-20-15-14(19)13(18)12(17)11(10-16)21-15/h7-8,11-19H,2-6,9-10H2,1H3/b8-7+/t11-,12+,13+,14-,15+/m1/s1. The predicted octanol–water partition coefficient (Wildman–Crippen LogP) is 0.329. The van der Waals surface area contributed by atoms with Gasteiger partial charge in [-0.2, -0.15) is 0 Å². The van der Waals surface area contributed by atoms with Crippen molar-refractivity contribution < 1.29 is 29.9 Å². The minimum atomic E-state index is -1.39. The van der Waals surface area contributed by atoms with Gasteiger partial charge >= 0.3 is 0 Å². The van der Waals surface area contributed by atoms with Crippen LogP contribution in [0.15, 0.2) is 12.2 Å². The largest absolute Gasteiger partial charge is 0.394 e. The van der Waals surface area contributed by atoms with Crippen LogP contribution in [0, 0.1) is 0 Å². The maximum Gasteiger partial charge on any atom is 0.187 e. The number of ether oxygens (including phenoxy) is 2. The summed E-state index contributed by atoms with van der Waals surface area (Å²) >= 11 is 0. The van der Waals surface area contributed by atoms with Crippen LogP contribution < -0.4 is 0 Å². The van der Waals surface area contributed by atoms with Gasteiger partial charge in [-0.3, -0.25) is 0 Å². The second kappa shape index (κ2) is 10.3. The van der Waals surface area contributed by atoms with E-state index < -0.39 is 37.3 Å². The summed E-state index contributed by atoms with van der Waals surface area (Å²) in [6, 6.07) is 0. The summed E-state index contributed by atoms with van der Waals surface area (Å²) in [4.78, 5) is 0. The summed E-state index contributed by atoms with van der Waals surface area (Å²) in [7, 11) is 0. The lowest BCUT2D eigenvalue weighted by atomic mass is 9.99. The molecule has 21 heavy (non-hydrogen) atoms. The Kier molecular flexibility index (Phi) is 9.07. The van der Waals surface area contributed by atoms with Gasteiger partial charge in [0.1, 0.15) is 24.4 Å². The molecular formula is C15H28O6. The van der Waals surface area contributed by atoms with Gasteiger partial charge in [0.15, 0.2) is 6.29 Å². The first kappa shape index (κ1) is 18.5. The lowest BCUT2D eigenvalue weighted by Crippen LogP contribution is -2.59. The number of hydrogen-bond donors (Lipinski definition) is 4. The van der Waals surface area contributed by atoms with Crippen molar-refractivity contribution in [2.24, 2.45) is 0 Å². The second-order valence-corrected chi connectivity index (χ2v) is 5.35. The molecule has 124 valence electrons. The van der Waals surface area contributed by atoms with Gasteiger partial charge in [0.2, 0.25) is 0 Å². The number of hydrogen-bond acceptors (Lipinski definition) is 6. The third-order valence-electron chi connectivity index (χ3n) is 3.60. The molecule has 0 unspecified atom stereocenters. The summed E-state index contributed by atoms with van der Waals surface area (Å²) in [6.45, 7) is 1.97. The molecular weight excluding hydrogens is 276 g/mol. The van der Waals surface area contributed by atoms with Crippen LogP contribution in [0.2, 0.25) is 0 Å². The monoisotopic (exact) mass is 304 g/mol. The summed E-state index contributed by atoms with van der Waals surface area (Å²) in [5, 5.41) is 38.0. The molecule has 0 aromatic heterocycles. The van der Waals surface area contributed by atoms with Gasteiger partial charge in [0, 0.05) is 0 Å². The van der Waals surface area contributed by atoms with E-state index in [2.05, 4.69) is 6.92 Å². The van der Waals surface area contributed by atoms with Crippen molar-refractivity contribution in [3.8, 4) is 0 Å². The van der Waals surface area contributed by atoms with Gasteiger partial charge in [0.05, 0.1) is 13.2 Å². The van der Waals surface area contributed by atoms with E-state index in [1.54, 1.807) is 0 Å². The zero-order chi connectivity index (χ0) is 15.7. The fourth-order valence-corrected chi connectivity index (χ4v) is 2.23. The summed E-state index contributed by atoms with van der Waals surface area (Å²) in [5.41, 5.74) is 0. The van der Waals surface area contributed by atoms with Gasteiger partial charge in [-0.1, -0.05) is 38.3 Å². The maximum absolute atomic E-state index is 9.76. The Morgan fingerprint density at radius 2 is 1.76 bits per heavy atom. The van der Waals surface area contributed by atoms with Crippen LogP contribution >= 0.6 is 0 Å². The SMILES string of the molecule is CCCCCC/C=C/CO[C@H]1O[C@H](CO)[C@H](O)[C@H](O)[C@H]1O. The second-order valence-electron chi connectivity index (χ2n) is 5.35. The average Bonchev–Trinajstić information content (AvgIpc) is 2.49. The van der Waals surface area contributed by atoms with E-state index in [0.717, 1.165) is 12.8 Å². The van der Waals surface area contributed by atoms with Crippen molar-refractivity contribution in [2.75, 3.05) is 13.2 Å². The molecule has 0 amide bonds. The number of aliphatic hydroxyl groups excluding tert-OH is 4.